The maximum absolute atomic E-state index is 12.5. The first kappa shape index (κ1) is 24.4. The van der Waals surface area contributed by atoms with Crippen LogP contribution >= 0.6 is 22.9 Å². The van der Waals surface area contributed by atoms with Crippen LogP contribution in [0.5, 0.6) is 0 Å². The molecule has 1 aliphatic heterocycles. The molecule has 8 nitrogen and oxygen atoms in total. The Bertz CT molecular complexity index is 1150. The lowest BCUT2D eigenvalue weighted by atomic mass is 10.1. The fraction of sp³-hybridized carbons (Fsp3) is 0.417. The van der Waals surface area contributed by atoms with Gasteiger partial charge < -0.3 is 14.8 Å². The van der Waals surface area contributed by atoms with Gasteiger partial charge in [-0.2, -0.15) is 4.98 Å². The Balaban J connectivity index is 1.49. The molecule has 0 saturated carbocycles. The summed E-state index contributed by atoms with van der Waals surface area (Å²) >= 11 is 7.58. The van der Waals surface area contributed by atoms with Crippen molar-refractivity contribution in [3.8, 4) is 10.4 Å². The Labute approximate surface area is 208 Å². The van der Waals surface area contributed by atoms with Gasteiger partial charge in [0, 0.05) is 17.4 Å². The predicted molar refractivity (Wildman–Crippen MR) is 135 cm³/mol. The molecule has 10 heteroatoms. The molecule has 0 bridgehead atoms. The number of ether oxygens (including phenoxy) is 2. The molecule has 1 aromatic carbocycles. The maximum atomic E-state index is 12.5. The first-order valence-electron chi connectivity index (χ1n) is 11.1. The van der Waals surface area contributed by atoms with Crippen molar-refractivity contribution in [2.24, 2.45) is 0 Å². The molecule has 1 aliphatic rings. The van der Waals surface area contributed by atoms with Gasteiger partial charge in [0.15, 0.2) is 0 Å². The van der Waals surface area contributed by atoms with Gasteiger partial charge in [-0.05, 0) is 58.4 Å². The number of carbonyl (C=O) groups excluding carboxylic acids is 1. The highest BCUT2D eigenvalue weighted by Crippen LogP contribution is 2.31. The van der Waals surface area contributed by atoms with E-state index >= 15 is 0 Å². The van der Waals surface area contributed by atoms with E-state index in [0.717, 1.165) is 15.4 Å². The zero-order valence-electron chi connectivity index (χ0n) is 19.8. The van der Waals surface area contributed by atoms with Crippen LogP contribution in [0.3, 0.4) is 0 Å². The van der Waals surface area contributed by atoms with Crippen molar-refractivity contribution in [2.45, 2.75) is 58.4 Å². The van der Waals surface area contributed by atoms with Crippen LogP contribution in [0.25, 0.3) is 10.4 Å². The Kier molecular flexibility index (Phi) is 7.06. The summed E-state index contributed by atoms with van der Waals surface area (Å²) in [6, 6.07) is 8.95. The molecule has 0 radical (unpaired) electrons. The smallest absolute Gasteiger partial charge is 0.416 e. The Morgan fingerprint density at radius 1 is 1.21 bits per heavy atom. The predicted octanol–water partition coefficient (Wildman–Crippen LogP) is 5.96. The van der Waals surface area contributed by atoms with Crippen molar-refractivity contribution < 1.29 is 14.3 Å². The third-order valence-electron chi connectivity index (χ3n) is 5.24. The monoisotopic (exact) mass is 501 g/mol. The van der Waals surface area contributed by atoms with Crippen LogP contribution < -0.4 is 10.2 Å². The highest BCUT2D eigenvalue weighted by atomic mass is 35.5. The van der Waals surface area contributed by atoms with Crippen LogP contribution in [0.1, 0.15) is 45.7 Å². The molecule has 1 saturated heterocycles. The first-order valence-corrected chi connectivity index (χ1v) is 12.3. The van der Waals surface area contributed by atoms with Crippen LogP contribution in [0.4, 0.5) is 16.6 Å². The molecule has 0 spiro atoms. The summed E-state index contributed by atoms with van der Waals surface area (Å²) in [5.74, 6) is 0.860. The molecule has 1 fully saturated rings. The van der Waals surface area contributed by atoms with Crippen molar-refractivity contribution in [3.05, 3.63) is 52.8 Å². The summed E-state index contributed by atoms with van der Waals surface area (Å²) in [5.41, 5.74) is 0.715. The minimum Gasteiger partial charge on any atom is -0.447 e. The minimum absolute atomic E-state index is 0.134. The Morgan fingerprint density at radius 3 is 2.65 bits per heavy atom. The fourth-order valence-electron chi connectivity index (χ4n) is 3.72. The second-order valence-electron chi connectivity index (χ2n) is 9.12. The third-order valence-corrected chi connectivity index (χ3v) is 6.72. The molecular formula is C24H28ClN5O3S. The van der Waals surface area contributed by atoms with Gasteiger partial charge in [-0.25, -0.2) is 14.8 Å². The van der Waals surface area contributed by atoms with E-state index < -0.39 is 6.09 Å². The lowest BCUT2D eigenvalue weighted by molar-refractivity contribution is -0.0618. The number of rotatable bonds is 7. The van der Waals surface area contributed by atoms with E-state index in [2.05, 4.69) is 20.3 Å². The third kappa shape index (κ3) is 5.65. The fourth-order valence-corrected chi connectivity index (χ4v) is 4.78. The molecule has 1 amide bonds. The van der Waals surface area contributed by atoms with Crippen LogP contribution in [-0.2, 0) is 9.47 Å². The molecule has 0 aliphatic carbocycles. The van der Waals surface area contributed by atoms with E-state index in [1.54, 1.807) is 23.6 Å². The summed E-state index contributed by atoms with van der Waals surface area (Å²) in [6.45, 7) is 10.1. The number of nitrogens with one attached hydrogen (secondary N) is 1. The zero-order chi connectivity index (χ0) is 24.5. The SMILES string of the molecule is C[C@H](Nc1nccc(N2C(=O)OC[C@@H]2[C@@H](C)OC(C)(C)C)n1)c1ncc(-c2ccc(Cl)cc2)s1. The topological polar surface area (TPSA) is 89.5 Å². The zero-order valence-corrected chi connectivity index (χ0v) is 21.4. The van der Waals surface area contributed by atoms with Gasteiger partial charge in [0.25, 0.3) is 0 Å². The number of nitrogens with zero attached hydrogens (tertiary/aromatic N) is 4. The molecule has 180 valence electrons. The van der Waals surface area contributed by atoms with E-state index in [4.69, 9.17) is 21.1 Å². The summed E-state index contributed by atoms with van der Waals surface area (Å²) in [7, 11) is 0. The number of aromatic nitrogens is 3. The van der Waals surface area contributed by atoms with Crippen LogP contribution in [0.15, 0.2) is 42.7 Å². The van der Waals surface area contributed by atoms with Crippen molar-refractivity contribution in [1.82, 2.24) is 15.0 Å². The summed E-state index contributed by atoms with van der Waals surface area (Å²) in [5, 5.41) is 4.88. The number of cyclic esters (lactones) is 1. The number of anilines is 2. The molecule has 34 heavy (non-hydrogen) atoms. The number of carbonyl (C=O) groups is 1. The van der Waals surface area contributed by atoms with Crippen LogP contribution in [0, 0.1) is 0 Å². The molecule has 2 aromatic heterocycles. The Hall–Kier alpha value is -2.75. The second-order valence-corrected chi connectivity index (χ2v) is 10.6. The van der Waals surface area contributed by atoms with Crippen LogP contribution in [-0.4, -0.2) is 45.4 Å². The van der Waals surface area contributed by atoms with Crippen molar-refractivity contribution in [1.29, 1.82) is 0 Å². The number of amides is 1. The summed E-state index contributed by atoms with van der Waals surface area (Å²) in [6.07, 6.45) is 2.79. The van der Waals surface area contributed by atoms with Crippen molar-refractivity contribution >= 4 is 40.8 Å². The molecule has 4 rings (SSSR count). The van der Waals surface area contributed by atoms with Gasteiger partial charge in [0.05, 0.1) is 22.6 Å². The van der Waals surface area contributed by atoms with E-state index in [-0.39, 0.29) is 30.4 Å². The quantitative estimate of drug-likeness (QED) is 0.427. The molecule has 0 unspecified atom stereocenters. The van der Waals surface area contributed by atoms with Crippen molar-refractivity contribution in [2.75, 3.05) is 16.8 Å². The number of thiazole rings is 1. The largest absolute Gasteiger partial charge is 0.447 e. The van der Waals surface area contributed by atoms with E-state index in [1.165, 1.54) is 4.90 Å². The number of benzene rings is 1. The van der Waals surface area contributed by atoms with Gasteiger partial charge in [-0.1, -0.05) is 23.7 Å². The molecule has 3 heterocycles. The van der Waals surface area contributed by atoms with E-state index in [1.807, 2.05) is 65.1 Å². The number of hydrogen-bond acceptors (Lipinski definition) is 8. The van der Waals surface area contributed by atoms with Crippen LogP contribution in [0.2, 0.25) is 5.02 Å². The van der Waals surface area contributed by atoms with Gasteiger partial charge in [-0.3, -0.25) is 4.90 Å². The highest BCUT2D eigenvalue weighted by Gasteiger charge is 2.40. The van der Waals surface area contributed by atoms with Gasteiger partial charge in [-0.15, -0.1) is 11.3 Å². The molecule has 1 N–H and O–H groups in total. The lowest BCUT2D eigenvalue weighted by Gasteiger charge is -2.31. The molecule has 3 aromatic rings. The number of hydrogen-bond donors (Lipinski definition) is 1. The summed E-state index contributed by atoms with van der Waals surface area (Å²) in [4.78, 5) is 28.6. The average molecular weight is 502 g/mol. The lowest BCUT2D eigenvalue weighted by Crippen LogP contribution is -2.45. The number of halogens is 1. The highest BCUT2D eigenvalue weighted by molar-refractivity contribution is 7.15. The normalized spacial score (nSPS) is 18.0. The molecule has 3 atom stereocenters. The standard InChI is InChI=1S/C24H28ClN5O3S/c1-14(21-27-12-19(34-21)16-6-8-17(25)9-7-16)28-22-26-11-10-20(29-22)30-18(13-32-23(30)31)15(2)33-24(3,4)5/h6-12,14-15,18H,13H2,1-5H3,(H,26,28,29)/t14-,15+,18+/m0/s1. The molecular weight excluding hydrogens is 474 g/mol. The Morgan fingerprint density at radius 2 is 1.94 bits per heavy atom. The van der Waals surface area contributed by atoms with Crippen molar-refractivity contribution in [3.63, 3.8) is 0 Å². The van der Waals surface area contributed by atoms with E-state index in [0.29, 0.717) is 16.8 Å². The maximum Gasteiger partial charge on any atom is 0.416 e. The second kappa shape index (κ2) is 9.85. The average Bonchev–Trinajstić information content (AvgIpc) is 3.40. The first-order chi connectivity index (χ1) is 16.1. The van der Waals surface area contributed by atoms with Gasteiger partial charge >= 0.3 is 6.09 Å². The van der Waals surface area contributed by atoms with Gasteiger partial charge in [0.1, 0.15) is 23.5 Å². The minimum atomic E-state index is -0.445. The van der Waals surface area contributed by atoms with E-state index in [9.17, 15) is 4.79 Å². The van der Waals surface area contributed by atoms with Gasteiger partial charge in [0.2, 0.25) is 5.95 Å². The summed E-state index contributed by atoms with van der Waals surface area (Å²) < 4.78 is 11.4.